The molecule has 1 saturated heterocycles. The second-order valence-corrected chi connectivity index (χ2v) is 8.74. The fourth-order valence-corrected chi connectivity index (χ4v) is 4.32. The van der Waals surface area contributed by atoms with Gasteiger partial charge in [0.25, 0.3) is 0 Å². The molecule has 0 aromatic rings. The van der Waals surface area contributed by atoms with Crippen LogP contribution in [0.15, 0.2) is 0 Å². The predicted octanol–water partition coefficient (Wildman–Crippen LogP) is 3.39. The van der Waals surface area contributed by atoms with Gasteiger partial charge in [0.1, 0.15) is 0 Å². The number of nitrogens with one attached hydrogen (secondary N) is 1. The molecule has 5 heteroatoms. The summed E-state index contributed by atoms with van der Waals surface area (Å²) in [6, 6.07) is 0.0920. The lowest BCUT2D eigenvalue weighted by Crippen LogP contribution is -2.41. The van der Waals surface area contributed by atoms with E-state index in [0.29, 0.717) is 19.6 Å². The van der Waals surface area contributed by atoms with Crippen LogP contribution in [-0.2, 0) is 14.4 Å². The molecule has 0 bridgehead atoms. The quantitative estimate of drug-likeness (QED) is 0.618. The predicted molar refractivity (Wildman–Crippen MR) is 97.6 cm³/mol. The number of carbonyl (C=O) groups excluding carboxylic acids is 1. The maximum Gasteiger partial charge on any atom is 0.223 e. The molecule has 0 spiro atoms. The molecule has 1 rings (SSSR count). The number of likely N-dealkylation sites (tertiary alicyclic amines) is 1. The molecule has 1 N–H and O–H groups in total. The van der Waals surface area contributed by atoms with E-state index in [2.05, 4.69) is 40.1 Å². The standard InChI is InChI=1S/C19H38N2O3/c1-8-9-18(2,3)14-19(4,5)11-17(22)21-12-16(23-7)10-15(21)13-24-20-6/h15-16,20H,8-14H2,1-7H3/t15-,16+/m0/s1. The third kappa shape index (κ3) is 6.69. The lowest BCUT2D eigenvalue weighted by molar-refractivity contribution is -0.136. The second kappa shape index (κ2) is 9.16. The van der Waals surface area contributed by atoms with Gasteiger partial charge in [-0.3, -0.25) is 9.63 Å². The molecule has 0 saturated carbocycles. The Hall–Kier alpha value is -0.650. The zero-order chi connectivity index (χ0) is 18.4. The summed E-state index contributed by atoms with van der Waals surface area (Å²) in [5.41, 5.74) is 2.97. The molecule has 0 aliphatic carbocycles. The molecular weight excluding hydrogens is 304 g/mol. The average molecular weight is 343 g/mol. The van der Waals surface area contributed by atoms with Gasteiger partial charge in [-0.25, -0.2) is 5.48 Å². The molecular formula is C19H38N2O3. The van der Waals surface area contributed by atoms with Crippen LogP contribution in [0.3, 0.4) is 0 Å². The highest BCUT2D eigenvalue weighted by Gasteiger charge is 2.38. The van der Waals surface area contributed by atoms with E-state index in [1.807, 2.05) is 4.90 Å². The molecule has 0 unspecified atom stereocenters. The Bertz CT molecular complexity index is 396. The fraction of sp³-hybridized carbons (Fsp3) is 0.947. The van der Waals surface area contributed by atoms with Crippen LogP contribution in [0.4, 0.5) is 0 Å². The minimum atomic E-state index is -0.00464. The van der Waals surface area contributed by atoms with Crippen LogP contribution in [0.2, 0.25) is 0 Å². The third-order valence-electron chi connectivity index (χ3n) is 4.96. The summed E-state index contributed by atoms with van der Waals surface area (Å²) in [6.45, 7) is 12.4. The Labute approximate surface area is 148 Å². The van der Waals surface area contributed by atoms with Gasteiger partial charge in [-0.2, -0.15) is 0 Å². The van der Waals surface area contributed by atoms with Gasteiger partial charge < -0.3 is 9.64 Å². The summed E-state index contributed by atoms with van der Waals surface area (Å²) in [6.07, 6.45) is 4.96. The monoisotopic (exact) mass is 342 g/mol. The van der Waals surface area contributed by atoms with Gasteiger partial charge in [-0.05, 0) is 30.1 Å². The number of nitrogens with zero attached hydrogens (tertiary/aromatic N) is 1. The maximum atomic E-state index is 12.9. The SMILES string of the molecule is CCCC(C)(C)CC(C)(C)CC(=O)N1C[C@H](OC)C[C@H]1CONC. The lowest BCUT2D eigenvalue weighted by Gasteiger charge is -2.36. The number of carbonyl (C=O) groups is 1. The van der Waals surface area contributed by atoms with Crippen LogP contribution in [-0.4, -0.2) is 50.3 Å². The van der Waals surface area contributed by atoms with Crippen LogP contribution in [0, 0.1) is 10.8 Å². The zero-order valence-corrected chi connectivity index (χ0v) is 16.8. The summed E-state index contributed by atoms with van der Waals surface area (Å²) in [5, 5.41) is 0. The van der Waals surface area contributed by atoms with E-state index in [1.54, 1.807) is 14.2 Å². The molecule has 1 aliphatic rings. The van der Waals surface area contributed by atoms with E-state index >= 15 is 0 Å². The van der Waals surface area contributed by atoms with Gasteiger partial charge >= 0.3 is 0 Å². The lowest BCUT2D eigenvalue weighted by atomic mass is 9.71. The summed E-state index contributed by atoms with van der Waals surface area (Å²) in [4.78, 5) is 20.2. The van der Waals surface area contributed by atoms with Crippen LogP contribution < -0.4 is 5.48 Å². The number of ether oxygens (including phenoxy) is 1. The van der Waals surface area contributed by atoms with Crippen molar-refractivity contribution in [2.45, 2.75) is 78.9 Å². The van der Waals surface area contributed by atoms with Crippen molar-refractivity contribution < 1.29 is 14.4 Å². The van der Waals surface area contributed by atoms with E-state index in [0.717, 1.165) is 12.8 Å². The van der Waals surface area contributed by atoms with Crippen molar-refractivity contribution in [3.63, 3.8) is 0 Å². The van der Waals surface area contributed by atoms with Crippen molar-refractivity contribution in [3.05, 3.63) is 0 Å². The highest BCUT2D eigenvalue weighted by molar-refractivity contribution is 5.77. The molecule has 0 aromatic heterocycles. The van der Waals surface area contributed by atoms with E-state index in [-0.39, 0.29) is 28.9 Å². The topological polar surface area (TPSA) is 50.8 Å². The van der Waals surface area contributed by atoms with E-state index in [1.165, 1.54) is 12.8 Å². The first-order valence-electron chi connectivity index (χ1n) is 9.25. The van der Waals surface area contributed by atoms with Crippen LogP contribution in [0.25, 0.3) is 0 Å². The van der Waals surface area contributed by atoms with Gasteiger partial charge in [0.15, 0.2) is 0 Å². The zero-order valence-electron chi connectivity index (χ0n) is 16.8. The van der Waals surface area contributed by atoms with Crippen molar-refractivity contribution in [1.29, 1.82) is 0 Å². The van der Waals surface area contributed by atoms with Crippen molar-refractivity contribution in [1.82, 2.24) is 10.4 Å². The molecule has 1 heterocycles. The van der Waals surface area contributed by atoms with E-state index in [9.17, 15) is 4.79 Å². The van der Waals surface area contributed by atoms with Crippen molar-refractivity contribution in [2.75, 3.05) is 27.3 Å². The van der Waals surface area contributed by atoms with E-state index < -0.39 is 0 Å². The highest BCUT2D eigenvalue weighted by Crippen LogP contribution is 2.39. The van der Waals surface area contributed by atoms with Crippen LogP contribution in [0.1, 0.15) is 66.7 Å². The normalized spacial score (nSPS) is 22.2. The molecule has 1 amide bonds. The Kier molecular flexibility index (Phi) is 8.16. The molecule has 142 valence electrons. The molecule has 0 aromatic carbocycles. The molecule has 0 radical (unpaired) electrons. The first kappa shape index (κ1) is 21.4. The number of hydrogen-bond acceptors (Lipinski definition) is 4. The first-order valence-corrected chi connectivity index (χ1v) is 9.25. The van der Waals surface area contributed by atoms with Crippen molar-refractivity contribution in [2.24, 2.45) is 10.8 Å². The Balaban J connectivity index is 2.69. The molecule has 2 atom stereocenters. The van der Waals surface area contributed by atoms with Crippen LogP contribution in [0.5, 0.6) is 0 Å². The molecule has 1 aliphatic heterocycles. The molecule has 24 heavy (non-hydrogen) atoms. The fourth-order valence-electron chi connectivity index (χ4n) is 4.32. The summed E-state index contributed by atoms with van der Waals surface area (Å²) < 4.78 is 5.47. The smallest absolute Gasteiger partial charge is 0.223 e. The van der Waals surface area contributed by atoms with Gasteiger partial charge in [-0.1, -0.05) is 41.0 Å². The number of methoxy groups -OCH3 is 1. The first-order chi connectivity index (χ1) is 11.1. The number of rotatable bonds is 10. The molecule has 5 nitrogen and oxygen atoms in total. The van der Waals surface area contributed by atoms with Crippen molar-refractivity contribution >= 4 is 5.91 Å². The van der Waals surface area contributed by atoms with E-state index in [4.69, 9.17) is 9.57 Å². The maximum absolute atomic E-state index is 12.9. The summed E-state index contributed by atoms with van der Waals surface area (Å²) in [5.74, 6) is 0.219. The minimum Gasteiger partial charge on any atom is -0.380 e. The number of hydroxylamine groups is 1. The third-order valence-corrected chi connectivity index (χ3v) is 4.96. The Morgan fingerprint density at radius 2 is 1.92 bits per heavy atom. The summed E-state index contributed by atoms with van der Waals surface area (Å²) >= 11 is 0. The molecule has 1 fully saturated rings. The van der Waals surface area contributed by atoms with Gasteiger partial charge in [0.2, 0.25) is 5.91 Å². The largest absolute Gasteiger partial charge is 0.380 e. The van der Waals surface area contributed by atoms with Gasteiger partial charge in [0, 0.05) is 27.1 Å². The number of hydrogen-bond donors (Lipinski definition) is 1. The number of amides is 1. The minimum absolute atomic E-state index is 0.00464. The van der Waals surface area contributed by atoms with Gasteiger partial charge in [-0.15, -0.1) is 0 Å². The average Bonchev–Trinajstić information content (AvgIpc) is 2.86. The van der Waals surface area contributed by atoms with Crippen LogP contribution >= 0.6 is 0 Å². The van der Waals surface area contributed by atoms with Crippen molar-refractivity contribution in [3.8, 4) is 0 Å². The second-order valence-electron chi connectivity index (χ2n) is 8.74. The summed E-state index contributed by atoms with van der Waals surface area (Å²) in [7, 11) is 3.46. The highest BCUT2D eigenvalue weighted by atomic mass is 16.6. The Morgan fingerprint density at radius 1 is 1.25 bits per heavy atom. The van der Waals surface area contributed by atoms with Gasteiger partial charge in [0.05, 0.1) is 18.8 Å². The Morgan fingerprint density at radius 3 is 2.46 bits per heavy atom.